The number of hydrogen-bond donors (Lipinski definition) is 1. The maximum Gasteiger partial charge on any atom is 0.168 e. The highest BCUT2D eigenvalue weighted by Gasteiger charge is 2.11. The van der Waals surface area contributed by atoms with Crippen LogP contribution >= 0.6 is 0 Å². The van der Waals surface area contributed by atoms with Crippen LogP contribution in [0, 0.1) is 5.82 Å². The van der Waals surface area contributed by atoms with Crippen LogP contribution < -0.4 is 15.2 Å². The van der Waals surface area contributed by atoms with E-state index >= 15 is 0 Å². The summed E-state index contributed by atoms with van der Waals surface area (Å²) in [4.78, 5) is 0. The molecular weight excluding hydrogens is 197 g/mol. The van der Waals surface area contributed by atoms with E-state index in [0.717, 1.165) is 6.42 Å². The van der Waals surface area contributed by atoms with Gasteiger partial charge in [0, 0.05) is 6.07 Å². The molecule has 0 amide bonds. The summed E-state index contributed by atoms with van der Waals surface area (Å²) in [6.07, 6.45) is 1.34. The Morgan fingerprint density at radius 1 is 1.27 bits per heavy atom. The Hall–Kier alpha value is -1.29. The van der Waals surface area contributed by atoms with Crippen LogP contribution in [0.2, 0.25) is 0 Å². The van der Waals surface area contributed by atoms with Crippen LogP contribution in [0.4, 0.5) is 4.39 Å². The average Bonchev–Trinajstić information content (AvgIpc) is 2.27. The molecule has 0 heterocycles. The molecule has 1 rings (SSSR count). The third-order valence-corrected chi connectivity index (χ3v) is 2.19. The Kier molecular flexibility index (Phi) is 4.37. The van der Waals surface area contributed by atoms with Gasteiger partial charge in [-0.25, -0.2) is 4.39 Å². The summed E-state index contributed by atoms with van der Waals surface area (Å²) in [6, 6.07) is 3.20. The Balaban J connectivity index is 3.01. The second-order valence-electron chi connectivity index (χ2n) is 3.19. The fourth-order valence-corrected chi connectivity index (χ4v) is 1.37. The third kappa shape index (κ3) is 2.83. The van der Waals surface area contributed by atoms with Crippen LogP contribution in [0.15, 0.2) is 12.1 Å². The molecule has 0 fully saturated rings. The average molecular weight is 213 g/mol. The first-order chi connectivity index (χ1) is 7.22. The standard InChI is InChI=1S/C11H16FNO2/c1-14-9-6-8(4-3-5-13)11(12)10(7-9)15-2/h6-7H,3-5,13H2,1-2H3. The Morgan fingerprint density at radius 2 is 2.00 bits per heavy atom. The second-order valence-corrected chi connectivity index (χ2v) is 3.19. The van der Waals surface area contributed by atoms with Crippen molar-refractivity contribution in [2.45, 2.75) is 12.8 Å². The molecule has 0 atom stereocenters. The summed E-state index contributed by atoms with van der Waals surface area (Å²) in [5.41, 5.74) is 5.96. The lowest BCUT2D eigenvalue weighted by atomic mass is 10.1. The van der Waals surface area contributed by atoms with Gasteiger partial charge < -0.3 is 15.2 Å². The highest BCUT2D eigenvalue weighted by atomic mass is 19.1. The highest BCUT2D eigenvalue weighted by molar-refractivity contribution is 5.40. The lowest BCUT2D eigenvalue weighted by molar-refractivity contribution is 0.371. The number of methoxy groups -OCH3 is 2. The summed E-state index contributed by atoms with van der Waals surface area (Å²) in [7, 11) is 2.98. The van der Waals surface area contributed by atoms with Gasteiger partial charge in [-0.05, 0) is 31.0 Å². The van der Waals surface area contributed by atoms with Crippen LogP contribution in [-0.4, -0.2) is 20.8 Å². The molecule has 1 aromatic rings. The molecule has 0 aliphatic heterocycles. The molecule has 0 aromatic heterocycles. The van der Waals surface area contributed by atoms with Crippen molar-refractivity contribution in [1.82, 2.24) is 0 Å². The van der Waals surface area contributed by atoms with Crippen molar-refractivity contribution in [1.29, 1.82) is 0 Å². The second kappa shape index (κ2) is 5.56. The zero-order chi connectivity index (χ0) is 11.3. The van der Waals surface area contributed by atoms with Crippen molar-refractivity contribution < 1.29 is 13.9 Å². The minimum atomic E-state index is -0.327. The van der Waals surface area contributed by atoms with Crippen LogP contribution in [0.5, 0.6) is 11.5 Å². The van der Waals surface area contributed by atoms with E-state index in [0.29, 0.717) is 24.3 Å². The largest absolute Gasteiger partial charge is 0.497 e. The number of nitrogens with two attached hydrogens (primary N) is 1. The lowest BCUT2D eigenvalue weighted by Gasteiger charge is -2.10. The zero-order valence-electron chi connectivity index (χ0n) is 9.05. The van der Waals surface area contributed by atoms with Gasteiger partial charge in [0.2, 0.25) is 0 Å². The molecule has 0 spiro atoms. The molecule has 0 saturated carbocycles. The van der Waals surface area contributed by atoms with Gasteiger partial charge in [-0.2, -0.15) is 0 Å². The molecule has 0 unspecified atom stereocenters. The highest BCUT2D eigenvalue weighted by Crippen LogP contribution is 2.27. The predicted molar refractivity (Wildman–Crippen MR) is 56.9 cm³/mol. The monoisotopic (exact) mass is 213 g/mol. The van der Waals surface area contributed by atoms with Crippen LogP contribution in [0.3, 0.4) is 0 Å². The first kappa shape index (κ1) is 11.8. The minimum absolute atomic E-state index is 0.210. The molecule has 0 radical (unpaired) electrons. The summed E-state index contributed by atoms with van der Waals surface area (Å²) in [6.45, 7) is 0.541. The topological polar surface area (TPSA) is 44.5 Å². The van der Waals surface area contributed by atoms with Crippen molar-refractivity contribution in [2.75, 3.05) is 20.8 Å². The molecule has 4 heteroatoms. The fourth-order valence-electron chi connectivity index (χ4n) is 1.37. The van der Waals surface area contributed by atoms with Gasteiger partial charge in [0.15, 0.2) is 11.6 Å². The molecule has 0 bridgehead atoms. The molecular formula is C11H16FNO2. The van der Waals surface area contributed by atoms with Gasteiger partial charge in [-0.3, -0.25) is 0 Å². The zero-order valence-corrected chi connectivity index (χ0v) is 9.05. The molecule has 3 nitrogen and oxygen atoms in total. The molecule has 1 aromatic carbocycles. The van der Waals surface area contributed by atoms with E-state index in [1.807, 2.05) is 0 Å². The summed E-state index contributed by atoms with van der Waals surface area (Å²) in [5, 5.41) is 0. The molecule has 0 saturated heterocycles. The Bertz CT molecular complexity index is 329. The van der Waals surface area contributed by atoms with Gasteiger partial charge >= 0.3 is 0 Å². The maximum atomic E-state index is 13.7. The minimum Gasteiger partial charge on any atom is -0.497 e. The van der Waals surface area contributed by atoms with Crippen LogP contribution in [0.25, 0.3) is 0 Å². The van der Waals surface area contributed by atoms with Crippen LogP contribution in [0.1, 0.15) is 12.0 Å². The van der Waals surface area contributed by atoms with Gasteiger partial charge in [0.1, 0.15) is 5.75 Å². The Morgan fingerprint density at radius 3 is 2.53 bits per heavy atom. The molecule has 15 heavy (non-hydrogen) atoms. The lowest BCUT2D eigenvalue weighted by Crippen LogP contribution is -2.03. The number of hydrogen-bond acceptors (Lipinski definition) is 3. The smallest absolute Gasteiger partial charge is 0.168 e. The van der Waals surface area contributed by atoms with E-state index in [4.69, 9.17) is 15.2 Å². The number of rotatable bonds is 5. The van der Waals surface area contributed by atoms with E-state index < -0.39 is 0 Å². The van der Waals surface area contributed by atoms with E-state index in [1.54, 1.807) is 13.2 Å². The van der Waals surface area contributed by atoms with Crippen molar-refractivity contribution in [2.24, 2.45) is 5.73 Å². The number of ether oxygens (including phenoxy) is 2. The van der Waals surface area contributed by atoms with Crippen molar-refractivity contribution in [3.63, 3.8) is 0 Å². The van der Waals surface area contributed by atoms with Crippen LogP contribution in [-0.2, 0) is 6.42 Å². The van der Waals surface area contributed by atoms with Gasteiger partial charge in [-0.15, -0.1) is 0 Å². The summed E-state index contributed by atoms with van der Waals surface area (Å²) in [5.74, 6) is 0.480. The SMILES string of the molecule is COc1cc(CCCN)c(F)c(OC)c1. The molecule has 84 valence electrons. The predicted octanol–water partition coefficient (Wildman–Crippen LogP) is 1.73. The fraction of sp³-hybridized carbons (Fsp3) is 0.455. The van der Waals surface area contributed by atoms with E-state index in [1.165, 1.54) is 13.2 Å². The van der Waals surface area contributed by atoms with E-state index in [2.05, 4.69) is 0 Å². The van der Waals surface area contributed by atoms with E-state index in [9.17, 15) is 4.39 Å². The third-order valence-electron chi connectivity index (χ3n) is 2.19. The maximum absolute atomic E-state index is 13.7. The number of benzene rings is 1. The first-order valence-corrected chi connectivity index (χ1v) is 4.83. The van der Waals surface area contributed by atoms with Gasteiger partial charge in [-0.1, -0.05) is 0 Å². The van der Waals surface area contributed by atoms with Gasteiger partial charge in [0.25, 0.3) is 0 Å². The first-order valence-electron chi connectivity index (χ1n) is 4.83. The number of aryl methyl sites for hydroxylation is 1. The van der Waals surface area contributed by atoms with Crippen molar-refractivity contribution in [3.8, 4) is 11.5 Å². The molecule has 0 aliphatic rings. The van der Waals surface area contributed by atoms with Gasteiger partial charge in [0.05, 0.1) is 14.2 Å². The Labute approximate surface area is 89.0 Å². The molecule has 2 N–H and O–H groups in total. The van der Waals surface area contributed by atoms with E-state index in [-0.39, 0.29) is 11.6 Å². The molecule has 0 aliphatic carbocycles. The number of halogens is 1. The van der Waals surface area contributed by atoms with Crippen molar-refractivity contribution in [3.05, 3.63) is 23.5 Å². The normalized spacial score (nSPS) is 10.1. The summed E-state index contributed by atoms with van der Waals surface area (Å²) >= 11 is 0. The summed E-state index contributed by atoms with van der Waals surface area (Å²) < 4.78 is 23.7. The van der Waals surface area contributed by atoms with Crippen molar-refractivity contribution >= 4 is 0 Å². The quantitative estimate of drug-likeness (QED) is 0.810.